The first kappa shape index (κ1) is 15.1. The SMILES string of the molecule is O=C(NC1CCCN(c2cccnc2)C1=O)c1cncc(F)c1. The van der Waals surface area contributed by atoms with Gasteiger partial charge in [0.15, 0.2) is 0 Å². The van der Waals surface area contributed by atoms with Crippen molar-refractivity contribution in [1.82, 2.24) is 15.3 Å². The number of rotatable bonds is 3. The van der Waals surface area contributed by atoms with Gasteiger partial charge in [0.2, 0.25) is 5.91 Å². The maximum Gasteiger partial charge on any atom is 0.253 e. The second-order valence-corrected chi connectivity index (χ2v) is 5.26. The molecule has 2 amide bonds. The molecule has 23 heavy (non-hydrogen) atoms. The predicted molar refractivity (Wildman–Crippen MR) is 81.3 cm³/mol. The van der Waals surface area contributed by atoms with Crippen LogP contribution in [0.25, 0.3) is 0 Å². The lowest BCUT2D eigenvalue weighted by atomic mass is 10.0. The maximum absolute atomic E-state index is 13.1. The molecular weight excluding hydrogens is 299 g/mol. The number of anilines is 1. The summed E-state index contributed by atoms with van der Waals surface area (Å²) < 4.78 is 13.1. The van der Waals surface area contributed by atoms with Crippen molar-refractivity contribution in [2.75, 3.05) is 11.4 Å². The first-order valence-corrected chi connectivity index (χ1v) is 7.28. The number of aromatic nitrogens is 2. The van der Waals surface area contributed by atoms with Crippen LogP contribution in [-0.2, 0) is 4.79 Å². The Morgan fingerprint density at radius 2 is 2.17 bits per heavy atom. The number of piperidine rings is 1. The second-order valence-electron chi connectivity index (χ2n) is 5.26. The van der Waals surface area contributed by atoms with E-state index in [2.05, 4.69) is 15.3 Å². The summed E-state index contributed by atoms with van der Waals surface area (Å²) in [6, 6.07) is 4.00. The summed E-state index contributed by atoms with van der Waals surface area (Å²) >= 11 is 0. The van der Waals surface area contributed by atoms with Crippen LogP contribution in [0.4, 0.5) is 10.1 Å². The Bertz CT molecular complexity index is 723. The molecule has 0 aromatic carbocycles. The van der Waals surface area contributed by atoms with Crippen LogP contribution in [0, 0.1) is 5.82 Å². The van der Waals surface area contributed by atoms with E-state index in [1.807, 2.05) is 0 Å². The average molecular weight is 314 g/mol. The molecule has 2 aromatic heterocycles. The van der Waals surface area contributed by atoms with Crippen molar-refractivity contribution < 1.29 is 14.0 Å². The van der Waals surface area contributed by atoms with Crippen molar-refractivity contribution in [3.05, 3.63) is 54.4 Å². The lowest BCUT2D eigenvalue weighted by Crippen LogP contribution is -2.52. The molecule has 3 heterocycles. The number of halogens is 1. The lowest BCUT2D eigenvalue weighted by Gasteiger charge is -2.32. The molecule has 1 unspecified atom stereocenters. The van der Waals surface area contributed by atoms with Gasteiger partial charge in [0, 0.05) is 18.9 Å². The third-order valence-corrected chi connectivity index (χ3v) is 3.67. The van der Waals surface area contributed by atoms with Crippen LogP contribution in [0.5, 0.6) is 0 Å². The normalized spacial score (nSPS) is 17.9. The monoisotopic (exact) mass is 314 g/mol. The fraction of sp³-hybridized carbons (Fsp3) is 0.250. The summed E-state index contributed by atoms with van der Waals surface area (Å²) in [6.07, 6.45) is 6.83. The Labute approximate surface area is 132 Å². The maximum atomic E-state index is 13.1. The van der Waals surface area contributed by atoms with Gasteiger partial charge in [0.25, 0.3) is 5.91 Å². The van der Waals surface area contributed by atoms with E-state index in [9.17, 15) is 14.0 Å². The third-order valence-electron chi connectivity index (χ3n) is 3.67. The number of amides is 2. The highest BCUT2D eigenvalue weighted by molar-refractivity contribution is 6.02. The fourth-order valence-corrected chi connectivity index (χ4v) is 2.56. The van der Waals surface area contributed by atoms with Crippen LogP contribution in [0.3, 0.4) is 0 Å². The zero-order valence-corrected chi connectivity index (χ0v) is 12.3. The zero-order valence-electron chi connectivity index (χ0n) is 12.3. The van der Waals surface area contributed by atoms with E-state index < -0.39 is 17.8 Å². The second kappa shape index (κ2) is 6.51. The minimum atomic E-state index is -0.639. The number of carbonyl (C=O) groups is 2. The quantitative estimate of drug-likeness (QED) is 0.932. The first-order chi connectivity index (χ1) is 11.1. The number of hydrogen-bond donors (Lipinski definition) is 1. The Balaban J connectivity index is 1.73. The van der Waals surface area contributed by atoms with Gasteiger partial charge in [-0.25, -0.2) is 4.39 Å². The molecule has 1 fully saturated rings. The molecule has 7 heteroatoms. The summed E-state index contributed by atoms with van der Waals surface area (Å²) in [5.74, 6) is -1.30. The van der Waals surface area contributed by atoms with Gasteiger partial charge in [0.05, 0.1) is 23.6 Å². The summed E-state index contributed by atoms with van der Waals surface area (Å²) in [6.45, 7) is 0.582. The van der Waals surface area contributed by atoms with Gasteiger partial charge in [-0.15, -0.1) is 0 Å². The third kappa shape index (κ3) is 3.33. The molecule has 0 aliphatic carbocycles. The zero-order chi connectivity index (χ0) is 16.2. The number of nitrogens with zero attached hydrogens (tertiary/aromatic N) is 3. The number of nitrogens with one attached hydrogen (secondary N) is 1. The number of hydrogen-bond acceptors (Lipinski definition) is 4. The molecule has 6 nitrogen and oxygen atoms in total. The molecular formula is C16H15FN4O2. The van der Waals surface area contributed by atoms with E-state index in [1.165, 1.54) is 6.20 Å². The van der Waals surface area contributed by atoms with Gasteiger partial charge in [0.1, 0.15) is 11.9 Å². The van der Waals surface area contributed by atoms with Gasteiger partial charge in [-0.2, -0.15) is 0 Å². The van der Waals surface area contributed by atoms with Gasteiger partial charge in [-0.05, 0) is 31.0 Å². The molecule has 3 rings (SSSR count). The van der Waals surface area contributed by atoms with Crippen LogP contribution in [-0.4, -0.2) is 34.4 Å². The number of pyridine rings is 2. The minimum Gasteiger partial charge on any atom is -0.340 e. The van der Waals surface area contributed by atoms with Crippen molar-refractivity contribution in [3.63, 3.8) is 0 Å². The Kier molecular flexibility index (Phi) is 4.27. The van der Waals surface area contributed by atoms with E-state index >= 15 is 0 Å². The largest absolute Gasteiger partial charge is 0.340 e. The molecule has 1 N–H and O–H groups in total. The minimum absolute atomic E-state index is 0.0938. The van der Waals surface area contributed by atoms with Gasteiger partial charge < -0.3 is 10.2 Å². The fourth-order valence-electron chi connectivity index (χ4n) is 2.56. The Morgan fingerprint density at radius 3 is 2.91 bits per heavy atom. The van der Waals surface area contributed by atoms with Crippen LogP contribution < -0.4 is 10.2 Å². The lowest BCUT2D eigenvalue weighted by molar-refractivity contribution is -0.121. The molecule has 1 aliphatic rings. The number of carbonyl (C=O) groups excluding carboxylic acids is 2. The van der Waals surface area contributed by atoms with E-state index in [1.54, 1.807) is 29.4 Å². The van der Waals surface area contributed by atoms with E-state index in [0.29, 0.717) is 18.7 Å². The van der Waals surface area contributed by atoms with Gasteiger partial charge in [-0.3, -0.25) is 19.6 Å². The van der Waals surface area contributed by atoms with Crippen molar-refractivity contribution in [2.45, 2.75) is 18.9 Å². The smallest absolute Gasteiger partial charge is 0.253 e. The molecule has 0 spiro atoms. The van der Waals surface area contributed by atoms with Crippen LogP contribution in [0.1, 0.15) is 23.2 Å². The van der Waals surface area contributed by atoms with Crippen molar-refractivity contribution in [1.29, 1.82) is 0 Å². The van der Waals surface area contributed by atoms with Crippen molar-refractivity contribution in [2.24, 2.45) is 0 Å². The summed E-state index contributed by atoms with van der Waals surface area (Å²) in [5.41, 5.74) is 0.792. The summed E-state index contributed by atoms with van der Waals surface area (Å²) in [4.78, 5) is 34.0. The van der Waals surface area contributed by atoms with Crippen molar-refractivity contribution in [3.8, 4) is 0 Å². The molecule has 1 aliphatic heterocycles. The van der Waals surface area contributed by atoms with E-state index in [4.69, 9.17) is 0 Å². The highest BCUT2D eigenvalue weighted by atomic mass is 19.1. The highest BCUT2D eigenvalue weighted by Gasteiger charge is 2.31. The highest BCUT2D eigenvalue weighted by Crippen LogP contribution is 2.20. The summed E-state index contributed by atoms with van der Waals surface area (Å²) in [5, 5.41) is 2.65. The van der Waals surface area contributed by atoms with Crippen LogP contribution in [0.15, 0.2) is 43.0 Å². The molecule has 0 bridgehead atoms. The molecule has 1 atom stereocenters. The van der Waals surface area contributed by atoms with E-state index in [0.717, 1.165) is 18.7 Å². The van der Waals surface area contributed by atoms with E-state index in [-0.39, 0.29) is 11.5 Å². The Morgan fingerprint density at radius 1 is 1.30 bits per heavy atom. The predicted octanol–water partition coefficient (Wildman–Crippen LogP) is 1.54. The molecule has 0 saturated carbocycles. The standard InChI is InChI=1S/C16H15FN4O2/c17-12-7-11(8-19-9-12)15(22)20-14-4-2-6-21(16(14)23)13-3-1-5-18-10-13/h1,3,5,7-10,14H,2,4,6H2,(H,20,22). The molecule has 1 saturated heterocycles. The first-order valence-electron chi connectivity index (χ1n) is 7.28. The van der Waals surface area contributed by atoms with Gasteiger partial charge in [-0.1, -0.05) is 0 Å². The van der Waals surface area contributed by atoms with Gasteiger partial charge >= 0.3 is 0 Å². The summed E-state index contributed by atoms with van der Waals surface area (Å²) in [7, 11) is 0. The van der Waals surface area contributed by atoms with Crippen LogP contribution in [0.2, 0.25) is 0 Å². The average Bonchev–Trinajstić information content (AvgIpc) is 2.57. The molecule has 0 radical (unpaired) electrons. The molecule has 118 valence electrons. The topological polar surface area (TPSA) is 75.2 Å². The van der Waals surface area contributed by atoms with Crippen LogP contribution >= 0.6 is 0 Å². The Hall–Kier alpha value is -2.83. The molecule has 2 aromatic rings. The van der Waals surface area contributed by atoms with Crippen molar-refractivity contribution >= 4 is 17.5 Å².